The van der Waals surface area contributed by atoms with Crippen molar-refractivity contribution in [2.24, 2.45) is 0 Å². The fraction of sp³-hybridized carbons (Fsp3) is 0.778. The van der Waals surface area contributed by atoms with E-state index in [1.54, 1.807) is 0 Å². The standard InChI is InChI=1S/C9H16O7.C8H14O8.CH4/c1-3-4-13-8(10)15-7-16-9(11)14-6-5-12-2;1-12-4-5-14-8(11)16-6-15-7(10)13-3-2-9;/h3-7H2,1-2H3;9H,2-6H2,1H3;1H4. The van der Waals surface area contributed by atoms with E-state index in [0.717, 1.165) is 0 Å². The minimum absolute atomic E-state index is 0. The molecule has 15 heteroatoms. The zero-order chi connectivity index (χ0) is 24.5. The molecule has 196 valence electrons. The predicted octanol–water partition coefficient (Wildman–Crippen LogP) is 1.83. The van der Waals surface area contributed by atoms with Crippen LogP contribution in [0, 0.1) is 0 Å². The van der Waals surface area contributed by atoms with Gasteiger partial charge >= 0.3 is 24.6 Å². The van der Waals surface area contributed by atoms with Gasteiger partial charge in [0, 0.05) is 14.2 Å². The molecule has 1 N–H and O–H groups in total. The third kappa shape index (κ3) is 29.0. The van der Waals surface area contributed by atoms with Crippen LogP contribution in [-0.4, -0.2) is 104 Å². The zero-order valence-electron chi connectivity index (χ0n) is 18.2. The van der Waals surface area contributed by atoms with Gasteiger partial charge in [0.15, 0.2) is 0 Å². The first-order chi connectivity index (χ1) is 15.4. The number of methoxy groups -OCH3 is 2. The maximum Gasteiger partial charge on any atom is 0.511 e. The van der Waals surface area contributed by atoms with E-state index in [9.17, 15) is 19.2 Å². The second-order valence-corrected chi connectivity index (χ2v) is 4.92. The fourth-order valence-corrected chi connectivity index (χ4v) is 1.15. The highest BCUT2D eigenvalue weighted by Gasteiger charge is 2.08. The quantitative estimate of drug-likeness (QED) is 0.161. The third-order valence-electron chi connectivity index (χ3n) is 2.46. The molecule has 0 radical (unpaired) electrons. The van der Waals surface area contributed by atoms with E-state index in [4.69, 9.17) is 5.11 Å². The summed E-state index contributed by atoms with van der Waals surface area (Å²) in [6, 6.07) is 0. The number of aliphatic hydroxyl groups excluding tert-OH is 1. The van der Waals surface area contributed by atoms with E-state index in [-0.39, 0.29) is 53.7 Å². The Morgan fingerprint density at radius 1 is 0.545 bits per heavy atom. The minimum Gasteiger partial charge on any atom is -0.434 e. The highest BCUT2D eigenvalue weighted by molar-refractivity contribution is 5.62. The van der Waals surface area contributed by atoms with Gasteiger partial charge in [-0.15, -0.1) is 0 Å². The fourth-order valence-electron chi connectivity index (χ4n) is 1.15. The van der Waals surface area contributed by atoms with E-state index in [0.29, 0.717) is 6.42 Å². The molecule has 0 unspecified atom stereocenters. The van der Waals surface area contributed by atoms with Crippen molar-refractivity contribution in [3.8, 4) is 0 Å². The summed E-state index contributed by atoms with van der Waals surface area (Å²) in [6.07, 6.45) is -3.15. The highest BCUT2D eigenvalue weighted by Crippen LogP contribution is 1.91. The largest absolute Gasteiger partial charge is 0.511 e. The summed E-state index contributed by atoms with van der Waals surface area (Å²) in [5, 5.41) is 8.30. The Hall–Kier alpha value is -3.04. The maximum absolute atomic E-state index is 10.8. The van der Waals surface area contributed by atoms with Crippen molar-refractivity contribution in [2.45, 2.75) is 20.8 Å². The summed E-state index contributed by atoms with van der Waals surface area (Å²) >= 11 is 0. The van der Waals surface area contributed by atoms with Crippen LogP contribution in [0.5, 0.6) is 0 Å². The minimum atomic E-state index is -1.04. The average Bonchev–Trinajstić information content (AvgIpc) is 2.77. The lowest BCUT2D eigenvalue weighted by Crippen LogP contribution is -2.17. The van der Waals surface area contributed by atoms with Crippen molar-refractivity contribution in [1.82, 2.24) is 0 Å². The Morgan fingerprint density at radius 3 is 1.18 bits per heavy atom. The summed E-state index contributed by atoms with van der Waals surface area (Å²) in [6.45, 7) is 1.10. The molecule has 0 aliphatic carbocycles. The van der Waals surface area contributed by atoms with Gasteiger partial charge in [-0.25, -0.2) is 19.2 Å². The molecule has 0 spiro atoms. The van der Waals surface area contributed by atoms with E-state index >= 15 is 0 Å². The molecule has 0 aromatic rings. The predicted molar refractivity (Wildman–Crippen MR) is 107 cm³/mol. The van der Waals surface area contributed by atoms with Crippen LogP contribution >= 0.6 is 0 Å². The van der Waals surface area contributed by atoms with Crippen molar-refractivity contribution in [3.63, 3.8) is 0 Å². The Labute approximate surface area is 192 Å². The van der Waals surface area contributed by atoms with Gasteiger partial charge in [0.05, 0.1) is 26.4 Å². The van der Waals surface area contributed by atoms with Crippen LogP contribution in [0.3, 0.4) is 0 Å². The first-order valence-corrected chi connectivity index (χ1v) is 9.18. The first kappa shape index (κ1) is 34.6. The van der Waals surface area contributed by atoms with E-state index < -0.39 is 38.2 Å². The molecule has 0 fully saturated rings. The Balaban J connectivity index is -0.000000529. The second-order valence-electron chi connectivity index (χ2n) is 4.92. The number of carbonyl (C=O) groups is 4. The van der Waals surface area contributed by atoms with Crippen LogP contribution in [0.1, 0.15) is 20.8 Å². The monoisotopic (exact) mass is 490 g/mol. The van der Waals surface area contributed by atoms with Crippen LogP contribution in [-0.2, 0) is 47.4 Å². The van der Waals surface area contributed by atoms with E-state index in [1.165, 1.54) is 14.2 Å². The Bertz CT molecular complexity index is 453. The Kier molecular flexibility index (Phi) is 28.3. The van der Waals surface area contributed by atoms with Crippen LogP contribution in [0.15, 0.2) is 0 Å². The molecular weight excluding hydrogens is 456 g/mol. The van der Waals surface area contributed by atoms with Gasteiger partial charge in [-0.3, -0.25) is 0 Å². The lowest BCUT2D eigenvalue weighted by Gasteiger charge is -2.06. The summed E-state index contributed by atoms with van der Waals surface area (Å²) in [5.41, 5.74) is 0. The van der Waals surface area contributed by atoms with Crippen molar-refractivity contribution in [1.29, 1.82) is 0 Å². The zero-order valence-corrected chi connectivity index (χ0v) is 18.2. The molecule has 0 saturated carbocycles. The van der Waals surface area contributed by atoms with Gasteiger partial charge in [0.25, 0.3) is 0 Å². The maximum atomic E-state index is 10.8. The molecule has 0 aliphatic heterocycles. The Morgan fingerprint density at radius 2 is 0.879 bits per heavy atom. The normalized spacial score (nSPS) is 9.09. The summed E-state index contributed by atoms with van der Waals surface area (Å²) in [7, 11) is 2.93. The van der Waals surface area contributed by atoms with Crippen LogP contribution in [0.4, 0.5) is 19.2 Å². The molecule has 0 saturated heterocycles. The number of carbonyl (C=O) groups excluding carboxylic acids is 4. The van der Waals surface area contributed by atoms with Crippen LogP contribution in [0.2, 0.25) is 0 Å². The molecule has 0 aromatic carbocycles. The SMILES string of the molecule is C.CCCOC(=O)OCOC(=O)OCCOC.COCCOC(=O)OCOC(=O)OCCO. The van der Waals surface area contributed by atoms with Crippen molar-refractivity contribution < 1.29 is 71.7 Å². The molecule has 0 amide bonds. The molecule has 0 aliphatic rings. The van der Waals surface area contributed by atoms with Crippen molar-refractivity contribution in [2.75, 3.05) is 74.1 Å². The highest BCUT2D eigenvalue weighted by atomic mass is 16.8. The summed E-state index contributed by atoms with van der Waals surface area (Å²) < 4.78 is 44.6. The van der Waals surface area contributed by atoms with Gasteiger partial charge in [-0.1, -0.05) is 14.4 Å². The number of rotatable bonds is 14. The van der Waals surface area contributed by atoms with Gasteiger partial charge in [-0.2, -0.15) is 0 Å². The van der Waals surface area contributed by atoms with Gasteiger partial charge in [-0.05, 0) is 6.42 Å². The third-order valence-corrected chi connectivity index (χ3v) is 2.46. The molecule has 0 bridgehead atoms. The molecular formula is C18H34O15. The first-order valence-electron chi connectivity index (χ1n) is 9.18. The molecule has 15 nitrogen and oxygen atoms in total. The van der Waals surface area contributed by atoms with E-state index in [2.05, 4.69) is 47.4 Å². The second kappa shape index (κ2) is 27.0. The number of ether oxygens (including phenoxy) is 10. The summed E-state index contributed by atoms with van der Waals surface area (Å²) in [4.78, 5) is 42.9. The lowest BCUT2D eigenvalue weighted by molar-refractivity contribution is -0.0443. The van der Waals surface area contributed by atoms with Crippen LogP contribution in [0.25, 0.3) is 0 Å². The molecule has 0 rings (SSSR count). The molecule has 33 heavy (non-hydrogen) atoms. The van der Waals surface area contributed by atoms with Crippen molar-refractivity contribution >= 4 is 24.6 Å². The molecule has 0 aromatic heterocycles. The van der Waals surface area contributed by atoms with E-state index in [1.807, 2.05) is 6.92 Å². The average molecular weight is 490 g/mol. The molecule has 0 atom stereocenters. The molecule has 0 heterocycles. The van der Waals surface area contributed by atoms with Crippen molar-refractivity contribution in [3.05, 3.63) is 0 Å². The number of aliphatic hydroxyl groups is 1. The van der Waals surface area contributed by atoms with Gasteiger partial charge in [0.2, 0.25) is 13.6 Å². The smallest absolute Gasteiger partial charge is 0.434 e. The summed E-state index contributed by atoms with van der Waals surface area (Å²) in [5.74, 6) is 0. The topological polar surface area (TPSA) is 181 Å². The van der Waals surface area contributed by atoms with Crippen LogP contribution < -0.4 is 0 Å². The van der Waals surface area contributed by atoms with Gasteiger partial charge < -0.3 is 52.5 Å². The lowest BCUT2D eigenvalue weighted by atomic mass is 10.5. The number of hydrogen-bond acceptors (Lipinski definition) is 15. The van der Waals surface area contributed by atoms with Gasteiger partial charge in [0.1, 0.15) is 19.8 Å². The number of hydrogen-bond donors (Lipinski definition) is 1.